The summed E-state index contributed by atoms with van der Waals surface area (Å²) in [6.07, 6.45) is 3.71. The van der Waals surface area contributed by atoms with Gasteiger partial charge in [0.15, 0.2) is 0 Å². The fourth-order valence-corrected chi connectivity index (χ4v) is 6.70. The molecule has 3 atom stereocenters. The van der Waals surface area contributed by atoms with Gasteiger partial charge in [-0.25, -0.2) is 12.7 Å². The third-order valence-corrected chi connectivity index (χ3v) is 8.64. The SMILES string of the molecule is CCCC#Cc1ccc([C@H]2[C@@H](CO)N3CCCCN(S(=O)(=O)Cc4ccccc4)C[C@@H]23)cc1. The van der Waals surface area contributed by atoms with E-state index in [0.29, 0.717) is 13.1 Å². The smallest absolute Gasteiger partial charge is 0.218 e. The van der Waals surface area contributed by atoms with Gasteiger partial charge in [0.05, 0.1) is 12.4 Å². The van der Waals surface area contributed by atoms with Gasteiger partial charge in [-0.15, -0.1) is 0 Å². The van der Waals surface area contributed by atoms with E-state index < -0.39 is 10.0 Å². The van der Waals surface area contributed by atoms with Crippen LogP contribution in [0.25, 0.3) is 0 Å². The second-order valence-electron chi connectivity index (χ2n) is 9.06. The van der Waals surface area contributed by atoms with Gasteiger partial charge < -0.3 is 5.11 Å². The average molecular weight is 467 g/mol. The maximum atomic E-state index is 13.3. The van der Waals surface area contributed by atoms with Crippen molar-refractivity contribution in [2.75, 3.05) is 26.2 Å². The molecule has 2 aliphatic rings. The molecule has 0 aliphatic carbocycles. The molecule has 6 heteroatoms. The average Bonchev–Trinajstić information content (AvgIpc) is 2.79. The van der Waals surface area contributed by atoms with Crippen LogP contribution in [0.5, 0.6) is 0 Å². The zero-order valence-corrected chi connectivity index (χ0v) is 20.2. The van der Waals surface area contributed by atoms with Crippen LogP contribution >= 0.6 is 0 Å². The largest absolute Gasteiger partial charge is 0.395 e. The molecule has 0 spiro atoms. The molecule has 0 radical (unpaired) electrons. The molecule has 5 nitrogen and oxygen atoms in total. The maximum absolute atomic E-state index is 13.3. The summed E-state index contributed by atoms with van der Waals surface area (Å²) in [6, 6.07) is 17.8. The molecule has 0 unspecified atom stereocenters. The topological polar surface area (TPSA) is 60.9 Å². The number of fused-ring (bicyclic) bond motifs is 1. The summed E-state index contributed by atoms with van der Waals surface area (Å²) in [4.78, 5) is 2.31. The summed E-state index contributed by atoms with van der Waals surface area (Å²) >= 11 is 0. The summed E-state index contributed by atoms with van der Waals surface area (Å²) in [5.41, 5.74) is 2.96. The first-order valence-corrected chi connectivity index (χ1v) is 13.6. The Labute approximate surface area is 198 Å². The highest BCUT2D eigenvalue weighted by Crippen LogP contribution is 2.42. The first-order valence-electron chi connectivity index (χ1n) is 12.0. The monoisotopic (exact) mass is 466 g/mol. The first-order chi connectivity index (χ1) is 16.0. The second kappa shape index (κ2) is 10.8. The van der Waals surface area contributed by atoms with E-state index >= 15 is 0 Å². The van der Waals surface area contributed by atoms with Crippen molar-refractivity contribution in [3.05, 3.63) is 71.3 Å². The highest BCUT2D eigenvalue weighted by atomic mass is 32.2. The van der Waals surface area contributed by atoms with Gasteiger partial charge in [-0.3, -0.25) is 4.90 Å². The van der Waals surface area contributed by atoms with Crippen molar-refractivity contribution in [3.8, 4) is 11.8 Å². The number of unbranched alkanes of at least 4 members (excludes halogenated alkanes) is 1. The number of aliphatic hydroxyl groups excluding tert-OH is 1. The maximum Gasteiger partial charge on any atom is 0.218 e. The molecule has 1 N–H and O–H groups in total. The van der Waals surface area contributed by atoms with Crippen LogP contribution in [0, 0.1) is 11.8 Å². The minimum atomic E-state index is -3.42. The molecule has 4 rings (SSSR count). The van der Waals surface area contributed by atoms with Gasteiger partial charge in [0.2, 0.25) is 10.0 Å². The number of aliphatic hydroxyl groups is 1. The number of nitrogens with zero attached hydrogens (tertiary/aromatic N) is 2. The molecular weight excluding hydrogens is 432 g/mol. The highest BCUT2D eigenvalue weighted by molar-refractivity contribution is 7.88. The lowest BCUT2D eigenvalue weighted by atomic mass is 9.74. The fraction of sp³-hybridized carbons (Fsp3) is 0.481. The Bertz CT molecular complexity index is 1070. The Hall–Kier alpha value is -2.17. The second-order valence-corrected chi connectivity index (χ2v) is 11.0. The number of benzene rings is 2. The molecule has 2 aromatic rings. The Kier molecular flexibility index (Phi) is 7.87. The van der Waals surface area contributed by atoms with Crippen molar-refractivity contribution in [1.29, 1.82) is 0 Å². The van der Waals surface area contributed by atoms with Gasteiger partial charge in [-0.1, -0.05) is 61.2 Å². The van der Waals surface area contributed by atoms with E-state index in [1.807, 2.05) is 42.5 Å². The minimum Gasteiger partial charge on any atom is -0.395 e. The summed E-state index contributed by atoms with van der Waals surface area (Å²) in [5.74, 6) is 6.52. The van der Waals surface area contributed by atoms with Gasteiger partial charge >= 0.3 is 0 Å². The Morgan fingerprint density at radius 3 is 2.45 bits per heavy atom. The zero-order valence-electron chi connectivity index (χ0n) is 19.4. The lowest BCUT2D eigenvalue weighted by molar-refractivity contribution is -0.0554. The standard InChI is InChI=1S/C27H34N2O3S/c1-2-3-5-10-22-13-15-24(16-14-22)27-25-19-28(17-8-9-18-29(25)26(27)20-30)33(31,32)21-23-11-6-4-7-12-23/h4,6-7,11-16,25-27,30H,2-3,8-9,17-21H2,1H3/t25-,26+,27+/m0/s1. The highest BCUT2D eigenvalue weighted by Gasteiger charge is 2.50. The Morgan fingerprint density at radius 2 is 1.76 bits per heavy atom. The lowest BCUT2D eigenvalue weighted by Crippen LogP contribution is -2.67. The van der Waals surface area contributed by atoms with E-state index in [4.69, 9.17) is 0 Å². The molecule has 2 aromatic carbocycles. The van der Waals surface area contributed by atoms with Crippen LogP contribution in [0.2, 0.25) is 0 Å². The van der Waals surface area contributed by atoms with Crippen molar-refractivity contribution in [2.45, 2.75) is 56.4 Å². The van der Waals surface area contributed by atoms with Crippen LogP contribution in [0.1, 0.15) is 55.2 Å². The van der Waals surface area contributed by atoms with E-state index in [-0.39, 0.29) is 30.4 Å². The molecule has 0 aromatic heterocycles. The number of sulfonamides is 1. The molecule has 0 amide bonds. The minimum absolute atomic E-state index is 0.0276. The van der Waals surface area contributed by atoms with Crippen molar-refractivity contribution in [3.63, 3.8) is 0 Å². The van der Waals surface area contributed by atoms with Gasteiger partial charge in [0.25, 0.3) is 0 Å². The molecule has 0 bridgehead atoms. The number of hydrogen-bond donors (Lipinski definition) is 1. The van der Waals surface area contributed by atoms with Crippen LogP contribution in [-0.2, 0) is 15.8 Å². The van der Waals surface area contributed by atoms with Gasteiger partial charge in [-0.2, -0.15) is 0 Å². The quantitative estimate of drug-likeness (QED) is 0.661. The first kappa shape index (κ1) is 24.0. The molecule has 176 valence electrons. The third kappa shape index (κ3) is 5.50. The van der Waals surface area contributed by atoms with E-state index in [9.17, 15) is 13.5 Å². The van der Waals surface area contributed by atoms with E-state index in [2.05, 4.69) is 35.8 Å². The molecule has 2 heterocycles. The lowest BCUT2D eigenvalue weighted by Gasteiger charge is -2.57. The fourth-order valence-electron chi connectivity index (χ4n) is 5.12. The number of rotatable bonds is 6. The number of hydrogen-bond acceptors (Lipinski definition) is 4. The third-order valence-electron chi connectivity index (χ3n) is 6.82. The van der Waals surface area contributed by atoms with Crippen molar-refractivity contribution in [2.24, 2.45) is 0 Å². The van der Waals surface area contributed by atoms with E-state index in [1.165, 1.54) is 0 Å². The zero-order chi connectivity index (χ0) is 23.3. The normalized spacial score (nSPS) is 24.0. The summed E-state index contributed by atoms with van der Waals surface area (Å²) < 4.78 is 28.3. The van der Waals surface area contributed by atoms with Crippen LogP contribution in [0.4, 0.5) is 0 Å². The molecular formula is C27H34N2O3S. The van der Waals surface area contributed by atoms with Crippen LogP contribution < -0.4 is 0 Å². The Morgan fingerprint density at radius 1 is 1.03 bits per heavy atom. The van der Waals surface area contributed by atoms with Crippen molar-refractivity contribution in [1.82, 2.24) is 9.21 Å². The van der Waals surface area contributed by atoms with Crippen molar-refractivity contribution >= 4 is 10.0 Å². The van der Waals surface area contributed by atoms with Crippen molar-refractivity contribution < 1.29 is 13.5 Å². The van der Waals surface area contributed by atoms with E-state index in [1.54, 1.807) is 4.31 Å². The predicted octanol–water partition coefficient (Wildman–Crippen LogP) is 3.59. The Balaban J connectivity index is 1.54. The molecule has 0 saturated carbocycles. The van der Waals surface area contributed by atoms with Gasteiger partial charge in [-0.05, 0) is 49.1 Å². The van der Waals surface area contributed by atoms with Crippen LogP contribution in [0.15, 0.2) is 54.6 Å². The van der Waals surface area contributed by atoms with Gasteiger partial charge in [0, 0.05) is 43.1 Å². The summed E-state index contributed by atoms with van der Waals surface area (Å²) in [5, 5.41) is 10.1. The molecule has 2 fully saturated rings. The molecule has 33 heavy (non-hydrogen) atoms. The predicted molar refractivity (Wildman–Crippen MR) is 132 cm³/mol. The molecule has 2 aliphatic heterocycles. The summed E-state index contributed by atoms with van der Waals surface area (Å²) in [7, 11) is -3.42. The van der Waals surface area contributed by atoms with Crippen LogP contribution in [-0.4, -0.2) is 61.1 Å². The van der Waals surface area contributed by atoms with E-state index in [0.717, 1.165) is 48.9 Å². The van der Waals surface area contributed by atoms with Gasteiger partial charge in [0.1, 0.15) is 0 Å². The summed E-state index contributed by atoms with van der Waals surface area (Å²) in [6.45, 7) is 4.12. The van der Waals surface area contributed by atoms with Crippen LogP contribution in [0.3, 0.4) is 0 Å². The molecule has 2 saturated heterocycles.